The van der Waals surface area contributed by atoms with Gasteiger partial charge in [0.05, 0.1) is 0 Å². The Morgan fingerprint density at radius 3 is 1.05 bits per heavy atom. The zero-order valence-electron chi connectivity index (χ0n) is 13.0. The molecule has 2 N–H and O–H groups in total. The molecule has 0 unspecified atom stereocenters. The van der Waals surface area contributed by atoms with Crippen LogP contribution in [0.5, 0.6) is 0 Å². The third-order valence-electron chi connectivity index (χ3n) is 3.09. The van der Waals surface area contributed by atoms with E-state index in [0.717, 1.165) is 0 Å². The van der Waals surface area contributed by atoms with Crippen LogP contribution in [-0.2, 0) is 4.79 Å². The van der Waals surface area contributed by atoms with Crippen molar-refractivity contribution in [2.24, 2.45) is 0 Å². The lowest BCUT2D eigenvalue weighted by atomic mass is 10.1. The van der Waals surface area contributed by atoms with E-state index in [-0.39, 0.29) is 0 Å². The van der Waals surface area contributed by atoms with E-state index in [4.69, 9.17) is 15.0 Å². The molecule has 3 nitrogen and oxygen atoms in total. The highest BCUT2D eigenvalue weighted by Gasteiger charge is 1.91. The number of carboxylic acids is 1. The van der Waals surface area contributed by atoms with Gasteiger partial charge in [-0.1, -0.05) is 90.9 Å². The number of aliphatic hydroxyl groups is 1. The molecule has 0 aliphatic carbocycles. The molecule has 0 fully saturated rings. The first-order valence-corrected chi connectivity index (χ1v) is 8.01. The molecule has 0 heterocycles. The summed E-state index contributed by atoms with van der Waals surface area (Å²) >= 11 is 0. The molecular weight excluding hydrogens is 240 g/mol. The first-order valence-electron chi connectivity index (χ1n) is 8.01. The number of hydrogen-bond donors (Lipinski definition) is 2. The van der Waals surface area contributed by atoms with E-state index in [1.807, 2.05) is 0 Å². The van der Waals surface area contributed by atoms with E-state index >= 15 is 0 Å². The van der Waals surface area contributed by atoms with Crippen molar-refractivity contribution >= 4 is 5.97 Å². The van der Waals surface area contributed by atoms with Gasteiger partial charge in [0.1, 0.15) is 6.61 Å². The summed E-state index contributed by atoms with van der Waals surface area (Å²) in [6, 6.07) is 0. The third kappa shape index (κ3) is 26.9. The van der Waals surface area contributed by atoms with Crippen LogP contribution in [0.4, 0.5) is 0 Å². The van der Waals surface area contributed by atoms with E-state index < -0.39 is 12.6 Å². The average molecular weight is 274 g/mol. The standard InChI is InChI=1S/C14H30.C2H4O3/c1-3-5-7-9-11-13-14-12-10-8-6-4-2;3-1-2(4)5/h3-14H2,1-2H3;3H,1H2,(H,4,5). The third-order valence-corrected chi connectivity index (χ3v) is 3.09. The predicted octanol–water partition coefficient (Wildman–Crippen LogP) is 4.77. The van der Waals surface area contributed by atoms with Gasteiger partial charge in [-0.15, -0.1) is 0 Å². The fourth-order valence-corrected chi connectivity index (χ4v) is 1.91. The molecule has 0 spiro atoms. The van der Waals surface area contributed by atoms with Gasteiger partial charge in [0.25, 0.3) is 0 Å². The molecule has 0 aromatic carbocycles. The van der Waals surface area contributed by atoms with Crippen molar-refractivity contribution in [1.82, 2.24) is 0 Å². The Balaban J connectivity index is 0. The lowest BCUT2D eigenvalue weighted by Gasteiger charge is -2.01. The number of carbonyl (C=O) groups is 1. The zero-order chi connectivity index (χ0) is 14.8. The van der Waals surface area contributed by atoms with Gasteiger partial charge in [-0.05, 0) is 0 Å². The SMILES string of the molecule is CCCCCCCCCCCCCC.O=C(O)CO. The second kappa shape index (κ2) is 19.8. The van der Waals surface area contributed by atoms with Crippen molar-refractivity contribution in [3.63, 3.8) is 0 Å². The van der Waals surface area contributed by atoms with Crippen molar-refractivity contribution in [1.29, 1.82) is 0 Å². The molecule has 19 heavy (non-hydrogen) atoms. The maximum Gasteiger partial charge on any atom is 0.329 e. The normalized spacial score (nSPS) is 9.84. The highest BCUT2D eigenvalue weighted by molar-refractivity contribution is 5.67. The molecule has 3 heteroatoms. The lowest BCUT2D eigenvalue weighted by molar-refractivity contribution is -0.140. The fourth-order valence-electron chi connectivity index (χ4n) is 1.91. The first kappa shape index (κ1) is 20.7. The van der Waals surface area contributed by atoms with E-state index in [1.165, 1.54) is 77.0 Å². The maximum absolute atomic E-state index is 9.12. The zero-order valence-corrected chi connectivity index (χ0v) is 13.0. The van der Waals surface area contributed by atoms with Crippen molar-refractivity contribution in [3.8, 4) is 0 Å². The minimum absolute atomic E-state index is 0.778. The molecule has 0 rings (SSSR count). The van der Waals surface area contributed by atoms with Crippen LogP contribution >= 0.6 is 0 Å². The summed E-state index contributed by atoms with van der Waals surface area (Å²) in [7, 11) is 0. The number of aliphatic carboxylic acids is 1. The largest absolute Gasteiger partial charge is 0.480 e. The van der Waals surface area contributed by atoms with E-state index in [0.29, 0.717) is 0 Å². The first-order chi connectivity index (χ1) is 9.18. The summed E-state index contributed by atoms with van der Waals surface area (Å²) in [5.74, 6) is -1.19. The summed E-state index contributed by atoms with van der Waals surface area (Å²) in [6.07, 6.45) is 17.4. The number of rotatable bonds is 12. The van der Waals surface area contributed by atoms with Crippen molar-refractivity contribution in [2.45, 2.75) is 90.9 Å². The second-order valence-electron chi connectivity index (χ2n) is 5.09. The van der Waals surface area contributed by atoms with Gasteiger partial charge in [0.15, 0.2) is 0 Å². The van der Waals surface area contributed by atoms with Gasteiger partial charge >= 0.3 is 5.97 Å². The summed E-state index contributed by atoms with van der Waals surface area (Å²) < 4.78 is 0. The quantitative estimate of drug-likeness (QED) is 0.504. The number of hydrogen-bond acceptors (Lipinski definition) is 2. The van der Waals surface area contributed by atoms with Gasteiger partial charge in [0.2, 0.25) is 0 Å². The molecule has 0 saturated carbocycles. The molecule has 0 aliphatic rings. The summed E-state index contributed by atoms with van der Waals surface area (Å²) in [6.45, 7) is 3.79. The van der Waals surface area contributed by atoms with Crippen molar-refractivity contribution < 1.29 is 15.0 Å². The highest BCUT2D eigenvalue weighted by Crippen LogP contribution is 2.11. The Morgan fingerprint density at radius 2 is 0.895 bits per heavy atom. The summed E-state index contributed by atoms with van der Waals surface area (Å²) in [5, 5.41) is 15.0. The summed E-state index contributed by atoms with van der Waals surface area (Å²) in [5.41, 5.74) is 0. The molecule has 0 bridgehead atoms. The monoisotopic (exact) mass is 274 g/mol. The van der Waals surface area contributed by atoms with Crippen LogP contribution in [-0.4, -0.2) is 22.8 Å². The van der Waals surface area contributed by atoms with Crippen LogP contribution in [0.2, 0.25) is 0 Å². The Bertz CT molecular complexity index is 157. The fraction of sp³-hybridized carbons (Fsp3) is 0.938. The maximum atomic E-state index is 9.12. The van der Waals surface area contributed by atoms with Crippen LogP contribution in [0.25, 0.3) is 0 Å². The van der Waals surface area contributed by atoms with Crippen molar-refractivity contribution in [2.75, 3.05) is 6.61 Å². The lowest BCUT2D eigenvalue weighted by Crippen LogP contribution is -1.98. The Hall–Kier alpha value is -0.570. The van der Waals surface area contributed by atoms with Gasteiger partial charge in [0, 0.05) is 0 Å². The molecule has 0 amide bonds. The van der Waals surface area contributed by atoms with E-state index in [9.17, 15) is 0 Å². The Labute approximate surface area is 119 Å². The Kier molecular flexibility index (Phi) is 21.6. The molecule has 0 radical (unpaired) electrons. The molecular formula is C16H34O3. The molecule has 0 saturated heterocycles. The number of aliphatic hydroxyl groups excluding tert-OH is 1. The van der Waals surface area contributed by atoms with Crippen molar-refractivity contribution in [3.05, 3.63) is 0 Å². The Morgan fingerprint density at radius 1 is 0.684 bits per heavy atom. The molecule has 0 aliphatic heterocycles. The van der Waals surface area contributed by atoms with E-state index in [1.54, 1.807) is 0 Å². The van der Waals surface area contributed by atoms with Crippen LogP contribution in [0.15, 0.2) is 0 Å². The molecule has 0 aromatic rings. The summed E-state index contributed by atoms with van der Waals surface area (Å²) in [4.78, 5) is 9.12. The minimum atomic E-state index is -1.19. The average Bonchev–Trinajstić information content (AvgIpc) is 2.41. The van der Waals surface area contributed by atoms with Crippen LogP contribution in [0.1, 0.15) is 90.9 Å². The highest BCUT2D eigenvalue weighted by atomic mass is 16.4. The van der Waals surface area contributed by atoms with Crippen LogP contribution in [0, 0.1) is 0 Å². The molecule has 0 aromatic heterocycles. The van der Waals surface area contributed by atoms with Crippen LogP contribution in [0.3, 0.4) is 0 Å². The molecule has 0 atom stereocenters. The van der Waals surface area contributed by atoms with Gasteiger partial charge in [-0.2, -0.15) is 0 Å². The smallest absolute Gasteiger partial charge is 0.329 e. The number of unbranched alkanes of at least 4 members (excludes halogenated alkanes) is 11. The minimum Gasteiger partial charge on any atom is -0.480 e. The second-order valence-corrected chi connectivity index (χ2v) is 5.09. The van der Waals surface area contributed by atoms with Gasteiger partial charge < -0.3 is 10.2 Å². The topological polar surface area (TPSA) is 57.5 Å². The number of carboxylic acid groups (broad SMARTS) is 1. The van der Waals surface area contributed by atoms with Crippen LogP contribution < -0.4 is 0 Å². The van der Waals surface area contributed by atoms with E-state index in [2.05, 4.69) is 13.8 Å². The van der Waals surface area contributed by atoms with Gasteiger partial charge in [-0.3, -0.25) is 0 Å². The van der Waals surface area contributed by atoms with Gasteiger partial charge in [-0.25, -0.2) is 4.79 Å². The molecule has 116 valence electrons. The predicted molar refractivity (Wildman–Crippen MR) is 81.5 cm³/mol.